The van der Waals surface area contributed by atoms with Crippen LogP contribution < -0.4 is 10.6 Å². The van der Waals surface area contributed by atoms with Crippen LogP contribution in [0, 0.1) is 18.4 Å². The average molecular weight is 260 g/mol. The molecule has 0 aliphatic heterocycles. The maximum Gasteiger partial charge on any atom is 0.205 e. The average Bonchev–Trinajstić information content (AvgIpc) is 2.81. The Morgan fingerprint density at radius 1 is 1.58 bits per heavy atom. The molecule has 0 saturated heterocycles. The van der Waals surface area contributed by atoms with Gasteiger partial charge in [-0.2, -0.15) is 5.26 Å². The quantitative estimate of drug-likeness (QED) is 0.378. The van der Waals surface area contributed by atoms with Gasteiger partial charge in [0.25, 0.3) is 0 Å². The SMILES string of the molecule is Cc1cccc2c1CC[C@@H]2NC(=NCCF)NC#N. The molecule has 19 heavy (non-hydrogen) atoms. The minimum absolute atomic E-state index is 0.0599. The monoisotopic (exact) mass is 260 g/mol. The van der Waals surface area contributed by atoms with Gasteiger partial charge in [0.05, 0.1) is 12.6 Å². The van der Waals surface area contributed by atoms with Crippen molar-refractivity contribution in [3.63, 3.8) is 0 Å². The summed E-state index contributed by atoms with van der Waals surface area (Å²) in [6.45, 7) is 1.63. The van der Waals surface area contributed by atoms with Crippen LogP contribution in [0.15, 0.2) is 23.2 Å². The third kappa shape index (κ3) is 3.02. The predicted octanol–water partition coefficient (Wildman–Crippen LogP) is 1.97. The van der Waals surface area contributed by atoms with Gasteiger partial charge < -0.3 is 5.32 Å². The Bertz CT molecular complexity index is 519. The van der Waals surface area contributed by atoms with Crippen molar-refractivity contribution in [3.8, 4) is 6.19 Å². The first-order chi connectivity index (χ1) is 9.26. The molecule has 2 N–H and O–H groups in total. The van der Waals surface area contributed by atoms with E-state index in [-0.39, 0.29) is 12.6 Å². The van der Waals surface area contributed by atoms with E-state index in [0.29, 0.717) is 5.96 Å². The highest BCUT2D eigenvalue weighted by atomic mass is 19.1. The number of hydrogen-bond donors (Lipinski definition) is 2. The summed E-state index contributed by atoms with van der Waals surface area (Å²) in [6, 6.07) is 6.36. The van der Waals surface area contributed by atoms with Crippen molar-refractivity contribution in [2.24, 2.45) is 4.99 Å². The first-order valence-electron chi connectivity index (χ1n) is 6.36. The molecule has 1 aromatic rings. The molecule has 0 aromatic heterocycles. The fraction of sp³-hybridized carbons (Fsp3) is 0.429. The molecule has 1 atom stereocenters. The number of aliphatic imine (C=N–C) groups is 1. The summed E-state index contributed by atoms with van der Waals surface area (Å²) in [6.07, 6.45) is 3.80. The second kappa shape index (κ2) is 6.19. The Morgan fingerprint density at radius 2 is 2.42 bits per heavy atom. The lowest BCUT2D eigenvalue weighted by Crippen LogP contribution is -2.36. The van der Waals surface area contributed by atoms with Gasteiger partial charge in [-0.25, -0.2) is 9.38 Å². The molecule has 5 heteroatoms. The van der Waals surface area contributed by atoms with Gasteiger partial charge in [-0.3, -0.25) is 5.32 Å². The van der Waals surface area contributed by atoms with E-state index in [1.807, 2.05) is 12.3 Å². The molecule has 0 heterocycles. The number of hydrogen-bond acceptors (Lipinski definition) is 2. The van der Waals surface area contributed by atoms with Gasteiger partial charge >= 0.3 is 0 Å². The molecule has 1 aromatic carbocycles. The van der Waals surface area contributed by atoms with Crippen molar-refractivity contribution in [2.45, 2.75) is 25.8 Å². The largest absolute Gasteiger partial charge is 0.349 e. The predicted molar refractivity (Wildman–Crippen MR) is 72.4 cm³/mol. The highest BCUT2D eigenvalue weighted by molar-refractivity contribution is 5.81. The maximum atomic E-state index is 12.2. The standard InChI is InChI=1S/C14H17FN4/c1-10-3-2-4-12-11(10)5-6-13(12)19-14(18-9-16)17-8-7-15/h2-4,13H,5-8H2,1H3,(H2,17,18,19)/t13-/m0/s1. The topological polar surface area (TPSA) is 60.2 Å². The van der Waals surface area contributed by atoms with E-state index >= 15 is 0 Å². The van der Waals surface area contributed by atoms with Crippen LogP contribution in [0.5, 0.6) is 0 Å². The number of guanidine groups is 1. The molecule has 1 aliphatic rings. The smallest absolute Gasteiger partial charge is 0.205 e. The summed E-state index contributed by atoms with van der Waals surface area (Å²) in [5, 5.41) is 14.3. The van der Waals surface area contributed by atoms with Crippen LogP contribution in [0.2, 0.25) is 0 Å². The van der Waals surface area contributed by atoms with Crippen molar-refractivity contribution < 1.29 is 4.39 Å². The van der Waals surface area contributed by atoms with Crippen LogP contribution >= 0.6 is 0 Å². The van der Waals surface area contributed by atoms with Gasteiger partial charge in [0, 0.05) is 0 Å². The first kappa shape index (κ1) is 13.3. The van der Waals surface area contributed by atoms with Crippen LogP contribution in [0.25, 0.3) is 0 Å². The van der Waals surface area contributed by atoms with Crippen molar-refractivity contribution in [1.29, 1.82) is 5.26 Å². The molecular formula is C14H17FN4. The molecule has 2 rings (SSSR count). The Balaban J connectivity index is 2.13. The number of benzene rings is 1. The number of nitriles is 1. The Kier molecular flexibility index (Phi) is 4.35. The second-order valence-corrected chi connectivity index (χ2v) is 4.53. The number of fused-ring (bicyclic) bond motifs is 1. The van der Waals surface area contributed by atoms with Crippen LogP contribution in [-0.2, 0) is 6.42 Å². The minimum Gasteiger partial charge on any atom is -0.349 e. The summed E-state index contributed by atoms with van der Waals surface area (Å²) >= 11 is 0. The highest BCUT2D eigenvalue weighted by Gasteiger charge is 2.24. The lowest BCUT2D eigenvalue weighted by molar-refractivity contribution is 0.503. The van der Waals surface area contributed by atoms with E-state index in [4.69, 9.17) is 5.26 Å². The number of aryl methyl sites for hydroxylation is 1. The van der Waals surface area contributed by atoms with Gasteiger partial charge in [0.15, 0.2) is 6.19 Å². The molecule has 0 spiro atoms. The lowest BCUT2D eigenvalue weighted by Gasteiger charge is -2.16. The number of rotatable bonds is 3. The third-order valence-corrected chi connectivity index (χ3v) is 3.34. The van der Waals surface area contributed by atoms with Gasteiger partial charge in [-0.15, -0.1) is 0 Å². The van der Waals surface area contributed by atoms with E-state index in [1.54, 1.807) is 0 Å². The van der Waals surface area contributed by atoms with Crippen LogP contribution in [0.4, 0.5) is 4.39 Å². The van der Waals surface area contributed by atoms with Crippen LogP contribution in [0.3, 0.4) is 0 Å². The van der Waals surface area contributed by atoms with E-state index in [2.05, 4.69) is 34.7 Å². The van der Waals surface area contributed by atoms with Crippen molar-refractivity contribution in [1.82, 2.24) is 10.6 Å². The fourth-order valence-electron chi connectivity index (χ4n) is 2.48. The van der Waals surface area contributed by atoms with Gasteiger partial charge in [0.1, 0.15) is 6.67 Å². The van der Waals surface area contributed by atoms with E-state index in [0.717, 1.165) is 12.8 Å². The van der Waals surface area contributed by atoms with Crippen molar-refractivity contribution in [2.75, 3.05) is 13.2 Å². The zero-order valence-electron chi connectivity index (χ0n) is 10.9. The molecule has 0 bridgehead atoms. The van der Waals surface area contributed by atoms with Gasteiger partial charge in [-0.1, -0.05) is 18.2 Å². The molecule has 0 unspecified atom stereocenters. The van der Waals surface area contributed by atoms with E-state index in [1.165, 1.54) is 16.7 Å². The number of nitrogens with zero attached hydrogens (tertiary/aromatic N) is 2. The molecule has 1 aliphatic carbocycles. The summed E-state index contributed by atoms with van der Waals surface area (Å²) in [7, 11) is 0. The number of nitrogens with one attached hydrogen (secondary N) is 2. The first-order valence-corrected chi connectivity index (χ1v) is 6.36. The maximum absolute atomic E-state index is 12.2. The van der Waals surface area contributed by atoms with Crippen molar-refractivity contribution >= 4 is 5.96 Å². The van der Waals surface area contributed by atoms with Gasteiger partial charge in [0.2, 0.25) is 5.96 Å². The minimum atomic E-state index is -0.529. The van der Waals surface area contributed by atoms with Crippen LogP contribution in [0.1, 0.15) is 29.2 Å². The summed E-state index contributed by atoms with van der Waals surface area (Å²) in [5.74, 6) is 0.347. The normalized spacial score (nSPS) is 17.7. The Labute approximate surface area is 112 Å². The summed E-state index contributed by atoms with van der Waals surface area (Å²) in [5.41, 5.74) is 3.90. The fourth-order valence-corrected chi connectivity index (χ4v) is 2.48. The second-order valence-electron chi connectivity index (χ2n) is 4.53. The third-order valence-electron chi connectivity index (χ3n) is 3.34. The molecule has 100 valence electrons. The Hall–Kier alpha value is -2.09. The van der Waals surface area contributed by atoms with Crippen LogP contribution in [-0.4, -0.2) is 19.2 Å². The zero-order chi connectivity index (χ0) is 13.7. The summed E-state index contributed by atoms with van der Waals surface area (Å²) in [4.78, 5) is 3.99. The molecule has 0 radical (unpaired) electrons. The Morgan fingerprint density at radius 3 is 3.16 bits per heavy atom. The molecular weight excluding hydrogens is 243 g/mol. The van der Waals surface area contributed by atoms with E-state index < -0.39 is 6.67 Å². The zero-order valence-corrected chi connectivity index (χ0v) is 10.9. The summed E-state index contributed by atoms with van der Waals surface area (Å²) < 4.78 is 12.2. The molecule has 0 amide bonds. The van der Waals surface area contributed by atoms with E-state index in [9.17, 15) is 4.39 Å². The molecule has 4 nitrogen and oxygen atoms in total. The van der Waals surface area contributed by atoms with Crippen molar-refractivity contribution in [3.05, 3.63) is 34.9 Å². The number of halogens is 1. The lowest BCUT2D eigenvalue weighted by atomic mass is 10.0. The number of alkyl halides is 1. The molecule has 0 fully saturated rings. The molecule has 0 saturated carbocycles. The van der Waals surface area contributed by atoms with Gasteiger partial charge in [-0.05, 0) is 36.5 Å². The highest BCUT2D eigenvalue weighted by Crippen LogP contribution is 2.32.